The first-order chi connectivity index (χ1) is 9.70. The van der Waals surface area contributed by atoms with Gasteiger partial charge in [-0.15, -0.1) is 0 Å². The van der Waals surface area contributed by atoms with E-state index in [0.29, 0.717) is 12.1 Å². The second-order valence-electron chi connectivity index (χ2n) is 4.73. The molecule has 1 unspecified atom stereocenters. The number of aromatic nitrogens is 1. The van der Waals surface area contributed by atoms with Gasteiger partial charge in [-0.2, -0.15) is 0 Å². The zero-order valence-corrected chi connectivity index (χ0v) is 11.8. The third-order valence-corrected chi connectivity index (χ3v) is 3.17. The molecule has 2 rings (SSSR count). The van der Waals surface area contributed by atoms with Crippen LogP contribution in [-0.2, 0) is 0 Å². The Morgan fingerprint density at radius 3 is 2.65 bits per heavy atom. The highest BCUT2D eigenvalue weighted by Gasteiger charge is 2.08. The summed E-state index contributed by atoms with van der Waals surface area (Å²) >= 11 is 0. The molecule has 2 aromatic rings. The number of carbonyl (C=O) groups is 1. The summed E-state index contributed by atoms with van der Waals surface area (Å²) in [6, 6.07) is 12.0. The zero-order chi connectivity index (χ0) is 14.4. The molecule has 1 aromatic carbocycles. The van der Waals surface area contributed by atoms with Crippen molar-refractivity contribution in [2.24, 2.45) is 0 Å². The van der Waals surface area contributed by atoms with E-state index in [1.807, 2.05) is 50.4 Å². The lowest BCUT2D eigenvalue weighted by Gasteiger charge is -2.11. The van der Waals surface area contributed by atoms with Gasteiger partial charge in [-0.3, -0.25) is 9.78 Å². The summed E-state index contributed by atoms with van der Waals surface area (Å²) in [5, 5.41) is 5.97. The average molecular weight is 269 g/mol. The number of hydrogen-bond acceptors (Lipinski definition) is 3. The van der Waals surface area contributed by atoms with Crippen molar-refractivity contribution in [3.05, 3.63) is 54.4 Å². The molecule has 4 nitrogen and oxygen atoms in total. The van der Waals surface area contributed by atoms with Crippen LogP contribution in [0, 0.1) is 0 Å². The Hall–Kier alpha value is -2.20. The normalized spacial score (nSPS) is 11.9. The monoisotopic (exact) mass is 269 g/mol. The summed E-state index contributed by atoms with van der Waals surface area (Å²) in [5.74, 6) is -0.0996. The summed E-state index contributed by atoms with van der Waals surface area (Å²) in [4.78, 5) is 16.2. The van der Waals surface area contributed by atoms with Crippen molar-refractivity contribution in [1.82, 2.24) is 15.6 Å². The van der Waals surface area contributed by atoms with E-state index in [-0.39, 0.29) is 11.9 Å². The van der Waals surface area contributed by atoms with Crippen molar-refractivity contribution in [3.8, 4) is 11.1 Å². The molecule has 2 N–H and O–H groups in total. The van der Waals surface area contributed by atoms with Gasteiger partial charge in [-0.25, -0.2) is 0 Å². The van der Waals surface area contributed by atoms with Crippen molar-refractivity contribution in [2.45, 2.75) is 13.0 Å². The molecule has 0 saturated heterocycles. The molecule has 1 aromatic heterocycles. The molecule has 0 saturated carbocycles. The highest BCUT2D eigenvalue weighted by Crippen LogP contribution is 2.18. The number of rotatable bonds is 5. The molecule has 0 fully saturated rings. The van der Waals surface area contributed by atoms with Gasteiger partial charge in [0.05, 0.1) is 5.56 Å². The Balaban J connectivity index is 2.12. The number of hydrogen-bond donors (Lipinski definition) is 2. The number of benzene rings is 1. The van der Waals surface area contributed by atoms with Crippen molar-refractivity contribution < 1.29 is 4.79 Å². The van der Waals surface area contributed by atoms with Gasteiger partial charge >= 0.3 is 0 Å². The number of nitrogens with one attached hydrogen (secondary N) is 2. The van der Waals surface area contributed by atoms with Gasteiger partial charge in [0, 0.05) is 30.5 Å². The van der Waals surface area contributed by atoms with E-state index in [0.717, 1.165) is 11.1 Å². The van der Waals surface area contributed by atoms with Crippen LogP contribution in [0.25, 0.3) is 11.1 Å². The van der Waals surface area contributed by atoms with Crippen molar-refractivity contribution >= 4 is 5.91 Å². The lowest BCUT2D eigenvalue weighted by molar-refractivity contribution is 0.0950. The van der Waals surface area contributed by atoms with E-state index in [9.17, 15) is 4.79 Å². The number of likely N-dealkylation sites (N-methyl/N-ethyl adjacent to an activating group) is 1. The van der Waals surface area contributed by atoms with Crippen LogP contribution in [0.4, 0.5) is 0 Å². The molecule has 0 aliphatic carbocycles. The molecule has 0 radical (unpaired) electrons. The van der Waals surface area contributed by atoms with Crippen LogP contribution in [-0.4, -0.2) is 30.5 Å². The van der Waals surface area contributed by atoms with Crippen LogP contribution in [0.15, 0.2) is 48.8 Å². The average Bonchev–Trinajstić information content (AvgIpc) is 2.53. The molecular formula is C16H19N3O. The van der Waals surface area contributed by atoms with Gasteiger partial charge in [0.1, 0.15) is 0 Å². The van der Waals surface area contributed by atoms with Crippen molar-refractivity contribution in [1.29, 1.82) is 0 Å². The summed E-state index contributed by atoms with van der Waals surface area (Å²) in [6.07, 6.45) is 3.36. The van der Waals surface area contributed by atoms with E-state index in [4.69, 9.17) is 0 Å². The van der Waals surface area contributed by atoms with Crippen LogP contribution in [0.3, 0.4) is 0 Å². The van der Waals surface area contributed by atoms with Gasteiger partial charge in [0.2, 0.25) is 0 Å². The third-order valence-electron chi connectivity index (χ3n) is 3.17. The van der Waals surface area contributed by atoms with Crippen molar-refractivity contribution in [3.63, 3.8) is 0 Å². The van der Waals surface area contributed by atoms with E-state index in [1.165, 1.54) is 0 Å². The fraction of sp³-hybridized carbons (Fsp3) is 0.250. The molecule has 0 aliphatic rings. The predicted octanol–water partition coefficient (Wildman–Crippen LogP) is 2.09. The fourth-order valence-corrected chi connectivity index (χ4v) is 1.80. The Kier molecular flexibility index (Phi) is 4.85. The summed E-state index contributed by atoms with van der Waals surface area (Å²) < 4.78 is 0. The fourth-order valence-electron chi connectivity index (χ4n) is 1.80. The minimum atomic E-state index is -0.0996. The smallest absolute Gasteiger partial charge is 0.252 e. The second-order valence-corrected chi connectivity index (χ2v) is 4.73. The van der Waals surface area contributed by atoms with Gasteiger partial charge in [-0.05, 0) is 25.6 Å². The minimum Gasteiger partial charge on any atom is -0.350 e. The maximum atomic E-state index is 12.1. The third kappa shape index (κ3) is 3.65. The van der Waals surface area contributed by atoms with Gasteiger partial charge in [0.15, 0.2) is 0 Å². The van der Waals surface area contributed by atoms with Crippen LogP contribution in [0.2, 0.25) is 0 Å². The maximum Gasteiger partial charge on any atom is 0.252 e. The maximum absolute atomic E-state index is 12.1. The van der Waals surface area contributed by atoms with E-state index in [1.54, 1.807) is 12.4 Å². The molecule has 0 spiro atoms. The highest BCUT2D eigenvalue weighted by atomic mass is 16.1. The SMILES string of the molecule is CNC(C)CNC(=O)c1cncc(-c2ccccc2)c1. The predicted molar refractivity (Wildman–Crippen MR) is 80.5 cm³/mol. The lowest BCUT2D eigenvalue weighted by atomic mass is 10.1. The Morgan fingerprint density at radius 1 is 1.20 bits per heavy atom. The molecule has 0 aliphatic heterocycles. The number of nitrogens with zero attached hydrogens (tertiary/aromatic N) is 1. The molecule has 4 heteroatoms. The first-order valence-electron chi connectivity index (χ1n) is 6.66. The standard InChI is InChI=1S/C16H19N3O/c1-12(17-2)9-19-16(20)15-8-14(10-18-11-15)13-6-4-3-5-7-13/h3-8,10-12,17H,9H2,1-2H3,(H,19,20). The number of carbonyl (C=O) groups excluding carboxylic acids is 1. The Bertz CT molecular complexity index is 569. The van der Waals surface area contributed by atoms with Crippen LogP contribution in [0.5, 0.6) is 0 Å². The first-order valence-corrected chi connectivity index (χ1v) is 6.66. The van der Waals surface area contributed by atoms with Crippen molar-refractivity contribution in [2.75, 3.05) is 13.6 Å². The molecule has 1 amide bonds. The Labute approximate surface area is 119 Å². The topological polar surface area (TPSA) is 54.0 Å². The Morgan fingerprint density at radius 2 is 1.95 bits per heavy atom. The van der Waals surface area contributed by atoms with E-state index < -0.39 is 0 Å². The molecule has 1 atom stereocenters. The molecule has 20 heavy (non-hydrogen) atoms. The minimum absolute atomic E-state index is 0.0996. The quantitative estimate of drug-likeness (QED) is 0.874. The number of amides is 1. The summed E-state index contributed by atoms with van der Waals surface area (Å²) in [5.41, 5.74) is 2.58. The van der Waals surface area contributed by atoms with Crippen LogP contribution in [0.1, 0.15) is 17.3 Å². The van der Waals surface area contributed by atoms with Crippen LogP contribution < -0.4 is 10.6 Å². The molecule has 104 valence electrons. The number of pyridine rings is 1. The zero-order valence-electron chi connectivity index (χ0n) is 11.8. The van der Waals surface area contributed by atoms with Gasteiger partial charge in [0.25, 0.3) is 5.91 Å². The highest BCUT2D eigenvalue weighted by molar-refractivity contribution is 5.95. The first kappa shape index (κ1) is 14.2. The van der Waals surface area contributed by atoms with E-state index in [2.05, 4.69) is 15.6 Å². The van der Waals surface area contributed by atoms with Gasteiger partial charge < -0.3 is 10.6 Å². The molecular weight excluding hydrogens is 250 g/mol. The molecule has 1 heterocycles. The summed E-state index contributed by atoms with van der Waals surface area (Å²) in [7, 11) is 1.87. The largest absolute Gasteiger partial charge is 0.350 e. The lowest BCUT2D eigenvalue weighted by Crippen LogP contribution is -2.37. The van der Waals surface area contributed by atoms with E-state index >= 15 is 0 Å². The molecule has 0 bridgehead atoms. The van der Waals surface area contributed by atoms with Crippen LogP contribution >= 0.6 is 0 Å². The second kappa shape index (κ2) is 6.82. The summed E-state index contributed by atoms with van der Waals surface area (Å²) in [6.45, 7) is 2.60. The van der Waals surface area contributed by atoms with Gasteiger partial charge in [-0.1, -0.05) is 30.3 Å².